The average Bonchev–Trinajstić information content (AvgIpc) is 3.27. The second kappa shape index (κ2) is 9.13. The molecule has 3 aromatic rings. The van der Waals surface area contributed by atoms with Gasteiger partial charge in [-0.2, -0.15) is 0 Å². The van der Waals surface area contributed by atoms with Crippen LogP contribution in [0.2, 0.25) is 0 Å². The van der Waals surface area contributed by atoms with Crippen LogP contribution in [0.3, 0.4) is 0 Å². The summed E-state index contributed by atoms with van der Waals surface area (Å²) < 4.78 is 0. The Morgan fingerprint density at radius 3 is 2.83 bits per heavy atom. The lowest BCUT2D eigenvalue weighted by atomic mass is 9.96. The van der Waals surface area contributed by atoms with Crippen molar-refractivity contribution in [3.63, 3.8) is 0 Å². The number of pyridine rings is 1. The van der Waals surface area contributed by atoms with Gasteiger partial charge < -0.3 is 10.2 Å². The number of carbonyl (C=O) groups is 1. The molecule has 150 valence electrons. The molecule has 0 radical (unpaired) electrons. The fourth-order valence-electron chi connectivity index (χ4n) is 3.62. The lowest BCUT2D eigenvalue weighted by Crippen LogP contribution is -2.41. The predicted molar refractivity (Wildman–Crippen MR) is 116 cm³/mol. The second-order valence-electron chi connectivity index (χ2n) is 7.31. The monoisotopic (exact) mass is 407 g/mol. The van der Waals surface area contributed by atoms with Crippen LogP contribution >= 0.6 is 11.3 Å². The normalized spacial score (nSPS) is 14.7. The van der Waals surface area contributed by atoms with Crippen LogP contribution in [-0.2, 0) is 11.2 Å². The number of rotatable bonds is 6. The smallest absolute Gasteiger partial charge is 0.223 e. The number of piperidine rings is 1. The van der Waals surface area contributed by atoms with Crippen LogP contribution in [0.25, 0.3) is 11.4 Å². The highest BCUT2D eigenvalue weighted by Crippen LogP contribution is 2.25. The predicted octanol–water partition coefficient (Wildman–Crippen LogP) is 3.48. The van der Waals surface area contributed by atoms with E-state index in [4.69, 9.17) is 4.98 Å². The van der Waals surface area contributed by atoms with Crippen molar-refractivity contribution in [1.29, 1.82) is 0 Å². The van der Waals surface area contributed by atoms with Gasteiger partial charge in [0.25, 0.3) is 0 Å². The van der Waals surface area contributed by atoms with Crippen LogP contribution in [0.5, 0.6) is 0 Å². The van der Waals surface area contributed by atoms with Crippen LogP contribution in [0.4, 0.5) is 5.82 Å². The molecule has 4 rings (SSSR count). The topological polar surface area (TPSA) is 71.0 Å². The molecule has 29 heavy (non-hydrogen) atoms. The van der Waals surface area contributed by atoms with E-state index >= 15 is 0 Å². The quantitative estimate of drug-likeness (QED) is 0.677. The number of anilines is 1. The van der Waals surface area contributed by atoms with E-state index in [0.29, 0.717) is 12.4 Å². The first-order valence-electron chi connectivity index (χ1n) is 10.00. The number of hydrogen-bond donors (Lipinski definition) is 1. The summed E-state index contributed by atoms with van der Waals surface area (Å²) in [5.41, 5.74) is 1.85. The molecule has 1 fully saturated rings. The van der Waals surface area contributed by atoms with Crippen molar-refractivity contribution in [2.45, 2.75) is 26.2 Å². The highest BCUT2D eigenvalue weighted by Gasteiger charge is 2.25. The van der Waals surface area contributed by atoms with Gasteiger partial charge in [-0.15, -0.1) is 11.3 Å². The van der Waals surface area contributed by atoms with Crippen molar-refractivity contribution in [1.82, 2.24) is 20.3 Å². The van der Waals surface area contributed by atoms with E-state index in [0.717, 1.165) is 49.4 Å². The zero-order valence-electron chi connectivity index (χ0n) is 16.5. The molecule has 0 aromatic carbocycles. The number of carbonyl (C=O) groups excluding carboxylic acids is 1. The van der Waals surface area contributed by atoms with E-state index in [9.17, 15) is 4.79 Å². The molecule has 0 aliphatic carbocycles. The molecule has 0 unspecified atom stereocenters. The van der Waals surface area contributed by atoms with Gasteiger partial charge in [0.05, 0.1) is 0 Å². The number of nitrogens with one attached hydrogen (secondary N) is 1. The van der Waals surface area contributed by atoms with Crippen molar-refractivity contribution in [2.24, 2.45) is 5.92 Å². The first-order chi connectivity index (χ1) is 14.2. The first-order valence-corrected chi connectivity index (χ1v) is 10.9. The maximum absolute atomic E-state index is 12.5. The number of hydrogen-bond acceptors (Lipinski definition) is 6. The summed E-state index contributed by atoms with van der Waals surface area (Å²) in [6, 6.07) is 10.0. The summed E-state index contributed by atoms with van der Waals surface area (Å²) in [5.74, 6) is 1.88. The van der Waals surface area contributed by atoms with Gasteiger partial charge in [0.1, 0.15) is 5.82 Å². The van der Waals surface area contributed by atoms with E-state index < -0.39 is 0 Å². The Hall–Kier alpha value is -2.80. The summed E-state index contributed by atoms with van der Waals surface area (Å²) in [6.07, 6.45) is 6.12. The van der Waals surface area contributed by atoms with E-state index in [2.05, 4.69) is 31.6 Å². The highest BCUT2D eigenvalue weighted by atomic mass is 32.1. The molecular weight excluding hydrogens is 382 g/mol. The Morgan fingerprint density at radius 2 is 2.10 bits per heavy atom. The van der Waals surface area contributed by atoms with Gasteiger partial charge in [0, 0.05) is 60.1 Å². The zero-order valence-corrected chi connectivity index (χ0v) is 17.4. The maximum atomic E-state index is 12.5. The molecule has 1 amide bonds. The molecule has 4 heterocycles. The molecule has 3 aromatic heterocycles. The highest BCUT2D eigenvalue weighted by molar-refractivity contribution is 7.09. The largest absolute Gasteiger partial charge is 0.356 e. The SMILES string of the molecule is Cc1cc(N2CCC(C(=O)NCCc3cccs3)CC2)nc(-c2cccnc2)n1. The second-order valence-corrected chi connectivity index (χ2v) is 8.35. The number of amides is 1. The van der Waals surface area contributed by atoms with Gasteiger partial charge in [-0.3, -0.25) is 9.78 Å². The summed E-state index contributed by atoms with van der Waals surface area (Å²) in [6.45, 7) is 4.34. The average molecular weight is 408 g/mol. The molecule has 1 aliphatic heterocycles. The zero-order chi connectivity index (χ0) is 20.1. The van der Waals surface area contributed by atoms with E-state index in [1.165, 1.54) is 4.88 Å². The maximum Gasteiger partial charge on any atom is 0.223 e. The molecule has 1 saturated heterocycles. The Bertz CT molecular complexity index is 937. The fraction of sp³-hybridized carbons (Fsp3) is 0.364. The van der Waals surface area contributed by atoms with Crippen molar-refractivity contribution in [2.75, 3.05) is 24.5 Å². The summed E-state index contributed by atoms with van der Waals surface area (Å²) in [4.78, 5) is 29.5. The van der Waals surface area contributed by atoms with Gasteiger partial charge in [-0.05, 0) is 49.8 Å². The van der Waals surface area contributed by atoms with Gasteiger partial charge in [-0.1, -0.05) is 6.07 Å². The van der Waals surface area contributed by atoms with Gasteiger partial charge >= 0.3 is 0 Å². The number of nitrogens with zero attached hydrogens (tertiary/aromatic N) is 4. The molecule has 1 aliphatic rings. The molecule has 0 spiro atoms. The number of aromatic nitrogens is 3. The van der Waals surface area contributed by atoms with E-state index in [-0.39, 0.29) is 11.8 Å². The Kier molecular flexibility index (Phi) is 6.14. The minimum Gasteiger partial charge on any atom is -0.356 e. The van der Waals surface area contributed by atoms with Gasteiger partial charge in [-0.25, -0.2) is 9.97 Å². The number of thiophene rings is 1. The van der Waals surface area contributed by atoms with Crippen LogP contribution in [0.15, 0.2) is 48.1 Å². The third kappa shape index (κ3) is 4.98. The van der Waals surface area contributed by atoms with Crippen LogP contribution in [-0.4, -0.2) is 40.5 Å². The molecule has 0 bridgehead atoms. The van der Waals surface area contributed by atoms with Crippen molar-refractivity contribution in [3.05, 3.63) is 58.7 Å². The summed E-state index contributed by atoms with van der Waals surface area (Å²) in [5, 5.41) is 5.17. The molecule has 1 N–H and O–H groups in total. The van der Waals surface area contributed by atoms with Crippen molar-refractivity contribution < 1.29 is 4.79 Å². The van der Waals surface area contributed by atoms with Gasteiger partial charge in [0.15, 0.2) is 5.82 Å². The lowest BCUT2D eigenvalue weighted by Gasteiger charge is -2.32. The standard InChI is InChI=1S/C22H25N5OS/c1-16-14-20(26-21(25-16)18-4-2-9-23-15-18)27-11-7-17(8-12-27)22(28)24-10-6-19-5-3-13-29-19/h2-5,9,13-15,17H,6-8,10-12H2,1H3,(H,24,28). The fourth-order valence-corrected chi connectivity index (χ4v) is 4.33. The molecule has 0 atom stereocenters. The Labute approximate surface area is 175 Å². The molecular formula is C22H25N5OS. The molecule has 7 heteroatoms. The van der Waals surface area contributed by atoms with E-state index in [1.54, 1.807) is 23.7 Å². The third-order valence-corrected chi connectivity index (χ3v) is 6.14. The van der Waals surface area contributed by atoms with Crippen molar-refractivity contribution >= 4 is 23.1 Å². The van der Waals surface area contributed by atoms with Gasteiger partial charge in [0.2, 0.25) is 5.91 Å². The first kappa shape index (κ1) is 19.5. The van der Waals surface area contributed by atoms with Crippen LogP contribution in [0, 0.1) is 12.8 Å². The summed E-state index contributed by atoms with van der Waals surface area (Å²) in [7, 11) is 0. The van der Waals surface area contributed by atoms with Crippen LogP contribution < -0.4 is 10.2 Å². The van der Waals surface area contributed by atoms with Crippen molar-refractivity contribution in [3.8, 4) is 11.4 Å². The Morgan fingerprint density at radius 1 is 1.24 bits per heavy atom. The van der Waals surface area contributed by atoms with E-state index in [1.807, 2.05) is 31.2 Å². The lowest BCUT2D eigenvalue weighted by molar-refractivity contribution is -0.125. The minimum absolute atomic E-state index is 0.0790. The molecule has 6 nitrogen and oxygen atoms in total. The summed E-state index contributed by atoms with van der Waals surface area (Å²) >= 11 is 1.73. The minimum atomic E-state index is 0.0790. The third-order valence-electron chi connectivity index (χ3n) is 5.20. The number of aryl methyl sites for hydroxylation is 1. The van der Waals surface area contributed by atoms with Crippen LogP contribution in [0.1, 0.15) is 23.4 Å². The molecule has 0 saturated carbocycles. The Balaban J connectivity index is 1.33.